The summed E-state index contributed by atoms with van der Waals surface area (Å²) in [5, 5.41) is 0. The number of ether oxygens (including phenoxy) is 3. The number of hydrogen-bond acceptors (Lipinski definition) is 5. The van der Waals surface area contributed by atoms with Crippen LogP contribution in [-0.2, 0) is 17.7 Å². The lowest BCUT2D eigenvalue weighted by molar-refractivity contribution is 0.0852. The van der Waals surface area contributed by atoms with Gasteiger partial charge < -0.3 is 14.2 Å². The summed E-state index contributed by atoms with van der Waals surface area (Å²) < 4.78 is 17.1. The quantitative estimate of drug-likeness (QED) is 0.837. The lowest BCUT2D eigenvalue weighted by Crippen LogP contribution is -2.31. The van der Waals surface area contributed by atoms with Gasteiger partial charge in [-0.3, -0.25) is 4.90 Å². The SMILES string of the molecule is COC1CCN(Cc2ccc(CC3COc4cccnc4O3)cc2)C1. The molecule has 0 aliphatic carbocycles. The summed E-state index contributed by atoms with van der Waals surface area (Å²) in [6, 6.07) is 12.6. The van der Waals surface area contributed by atoms with E-state index in [1.54, 1.807) is 13.3 Å². The van der Waals surface area contributed by atoms with Crippen LogP contribution in [0.3, 0.4) is 0 Å². The third kappa shape index (κ3) is 3.94. The molecule has 1 saturated heterocycles. The molecule has 132 valence electrons. The summed E-state index contributed by atoms with van der Waals surface area (Å²) in [4.78, 5) is 6.68. The van der Waals surface area contributed by atoms with Gasteiger partial charge in [0.2, 0.25) is 0 Å². The van der Waals surface area contributed by atoms with Gasteiger partial charge >= 0.3 is 0 Å². The average Bonchev–Trinajstić information content (AvgIpc) is 3.11. The van der Waals surface area contributed by atoms with E-state index in [4.69, 9.17) is 14.2 Å². The smallest absolute Gasteiger partial charge is 0.257 e. The minimum absolute atomic E-state index is 0.00860. The van der Waals surface area contributed by atoms with Gasteiger partial charge in [-0.15, -0.1) is 0 Å². The molecule has 2 atom stereocenters. The third-order valence-corrected chi connectivity index (χ3v) is 4.89. The first kappa shape index (κ1) is 16.4. The maximum atomic E-state index is 5.94. The summed E-state index contributed by atoms with van der Waals surface area (Å²) in [6.45, 7) is 3.69. The molecule has 5 nitrogen and oxygen atoms in total. The summed E-state index contributed by atoms with van der Waals surface area (Å²) in [5.41, 5.74) is 2.60. The highest BCUT2D eigenvalue weighted by Gasteiger charge is 2.23. The van der Waals surface area contributed by atoms with E-state index in [0.29, 0.717) is 18.6 Å². The van der Waals surface area contributed by atoms with Gasteiger partial charge in [0.1, 0.15) is 12.7 Å². The van der Waals surface area contributed by atoms with Crippen LogP contribution in [0.15, 0.2) is 42.6 Å². The van der Waals surface area contributed by atoms with Crippen molar-refractivity contribution >= 4 is 0 Å². The van der Waals surface area contributed by atoms with E-state index in [-0.39, 0.29) is 6.10 Å². The Labute approximate surface area is 148 Å². The molecule has 2 aliphatic rings. The molecule has 5 heteroatoms. The number of hydrogen-bond donors (Lipinski definition) is 0. The summed E-state index contributed by atoms with van der Waals surface area (Å²) in [7, 11) is 1.80. The Morgan fingerprint density at radius 1 is 1.20 bits per heavy atom. The van der Waals surface area contributed by atoms with E-state index in [1.165, 1.54) is 11.1 Å². The van der Waals surface area contributed by atoms with Gasteiger partial charge in [-0.2, -0.15) is 0 Å². The largest absolute Gasteiger partial charge is 0.484 e. The number of likely N-dealkylation sites (tertiary alicyclic amines) is 1. The molecule has 0 saturated carbocycles. The van der Waals surface area contributed by atoms with E-state index >= 15 is 0 Å². The zero-order valence-corrected chi connectivity index (χ0v) is 14.6. The molecule has 1 fully saturated rings. The number of pyridine rings is 1. The van der Waals surface area contributed by atoms with Crippen molar-refractivity contribution in [2.45, 2.75) is 31.6 Å². The Hall–Kier alpha value is -2.11. The number of benzene rings is 1. The topological polar surface area (TPSA) is 43.8 Å². The average molecular weight is 340 g/mol. The molecule has 25 heavy (non-hydrogen) atoms. The van der Waals surface area contributed by atoms with Gasteiger partial charge in [-0.1, -0.05) is 24.3 Å². The molecule has 4 rings (SSSR count). The van der Waals surface area contributed by atoms with E-state index in [0.717, 1.165) is 38.2 Å². The number of fused-ring (bicyclic) bond motifs is 1. The number of methoxy groups -OCH3 is 1. The first-order chi connectivity index (χ1) is 12.3. The van der Waals surface area contributed by atoms with Crippen LogP contribution in [-0.4, -0.2) is 48.9 Å². The van der Waals surface area contributed by atoms with Crippen molar-refractivity contribution in [3.63, 3.8) is 0 Å². The second kappa shape index (κ2) is 7.42. The number of nitrogens with zero attached hydrogens (tertiary/aromatic N) is 2. The predicted molar refractivity (Wildman–Crippen MR) is 95.0 cm³/mol. The van der Waals surface area contributed by atoms with Gasteiger partial charge in [0.05, 0.1) is 6.10 Å². The van der Waals surface area contributed by atoms with Gasteiger partial charge in [-0.05, 0) is 29.7 Å². The van der Waals surface area contributed by atoms with Crippen molar-refractivity contribution in [2.75, 3.05) is 26.8 Å². The Morgan fingerprint density at radius 3 is 2.84 bits per heavy atom. The monoisotopic (exact) mass is 340 g/mol. The number of rotatable bonds is 5. The Bertz CT molecular complexity index is 704. The molecular formula is C20H24N2O3. The molecule has 2 unspecified atom stereocenters. The minimum atomic E-state index is 0.00860. The van der Waals surface area contributed by atoms with Crippen LogP contribution in [0.2, 0.25) is 0 Å². The summed E-state index contributed by atoms with van der Waals surface area (Å²) >= 11 is 0. The van der Waals surface area contributed by atoms with Gasteiger partial charge in [0, 0.05) is 39.4 Å². The van der Waals surface area contributed by atoms with E-state index in [1.807, 2.05) is 12.1 Å². The fourth-order valence-electron chi connectivity index (χ4n) is 3.48. The van der Waals surface area contributed by atoms with Crippen molar-refractivity contribution in [3.8, 4) is 11.6 Å². The second-order valence-corrected chi connectivity index (χ2v) is 6.76. The molecule has 1 aromatic carbocycles. The van der Waals surface area contributed by atoms with Crippen molar-refractivity contribution in [1.82, 2.24) is 9.88 Å². The normalized spacial score (nSPS) is 22.9. The van der Waals surface area contributed by atoms with E-state index in [9.17, 15) is 0 Å². The Kier molecular flexibility index (Phi) is 4.85. The van der Waals surface area contributed by atoms with Crippen LogP contribution >= 0.6 is 0 Å². The van der Waals surface area contributed by atoms with Crippen LogP contribution in [0.5, 0.6) is 11.6 Å². The highest BCUT2D eigenvalue weighted by Crippen LogP contribution is 2.29. The number of aromatic nitrogens is 1. The van der Waals surface area contributed by atoms with Crippen LogP contribution < -0.4 is 9.47 Å². The van der Waals surface area contributed by atoms with Crippen LogP contribution in [0.25, 0.3) is 0 Å². The minimum Gasteiger partial charge on any atom is -0.484 e. The highest BCUT2D eigenvalue weighted by atomic mass is 16.6. The van der Waals surface area contributed by atoms with Gasteiger partial charge in [0.15, 0.2) is 5.75 Å². The van der Waals surface area contributed by atoms with E-state index < -0.39 is 0 Å². The fourth-order valence-corrected chi connectivity index (χ4v) is 3.48. The first-order valence-corrected chi connectivity index (χ1v) is 8.87. The predicted octanol–water partition coefficient (Wildman–Crippen LogP) is 2.68. The molecule has 0 radical (unpaired) electrons. The molecular weight excluding hydrogens is 316 g/mol. The molecule has 0 N–H and O–H groups in total. The lowest BCUT2D eigenvalue weighted by atomic mass is 10.1. The molecule has 2 aliphatic heterocycles. The lowest BCUT2D eigenvalue weighted by Gasteiger charge is -2.25. The molecule has 3 heterocycles. The van der Waals surface area contributed by atoms with Gasteiger partial charge in [-0.25, -0.2) is 4.98 Å². The highest BCUT2D eigenvalue weighted by molar-refractivity contribution is 5.34. The van der Waals surface area contributed by atoms with Crippen LogP contribution in [0.1, 0.15) is 17.5 Å². The van der Waals surface area contributed by atoms with E-state index in [2.05, 4.69) is 34.1 Å². The van der Waals surface area contributed by atoms with Crippen molar-refractivity contribution in [3.05, 3.63) is 53.7 Å². The molecule has 0 bridgehead atoms. The second-order valence-electron chi connectivity index (χ2n) is 6.76. The Morgan fingerprint density at radius 2 is 2.04 bits per heavy atom. The first-order valence-electron chi connectivity index (χ1n) is 8.87. The maximum Gasteiger partial charge on any atom is 0.257 e. The zero-order chi connectivity index (χ0) is 17.1. The molecule has 2 aromatic rings. The Balaban J connectivity index is 1.32. The van der Waals surface area contributed by atoms with Crippen molar-refractivity contribution in [2.24, 2.45) is 0 Å². The van der Waals surface area contributed by atoms with Crippen molar-refractivity contribution in [1.29, 1.82) is 0 Å². The molecule has 0 amide bonds. The third-order valence-electron chi connectivity index (χ3n) is 4.89. The van der Waals surface area contributed by atoms with Crippen LogP contribution in [0.4, 0.5) is 0 Å². The zero-order valence-electron chi connectivity index (χ0n) is 14.6. The maximum absolute atomic E-state index is 5.94. The standard InChI is InChI=1S/C20H24N2O3/c1-23-17-8-10-22(13-17)12-16-6-4-15(5-7-16)11-18-14-24-19-3-2-9-21-20(19)25-18/h2-7,9,17-18H,8,10-14H2,1H3. The molecule has 0 spiro atoms. The fraction of sp³-hybridized carbons (Fsp3) is 0.450. The summed E-state index contributed by atoms with van der Waals surface area (Å²) in [5.74, 6) is 1.33. The van der Waals surface area contributed by atoms with Gasteiger partial charge in [0.25, 0.3) is 5.88 Å². The summed E-state index contributed by atoms with van der Waals surface area (Å²) in [6.07, 6.45) is 4.08. The van der Waals surface area contributed by atoms with Crippen LogP contribution in [0, 0.1) is 0 Å². The molecule has 1 aromatic heterocycles. The van der Waals surface area contributed by atoms with Crippen molar-refractivity contribution < 1.29 is 14.2 Å².